The first-order valence-electron chi connectivity index (χ1n) is 11.2. The molecule has 0 unspecified atom stereocenters. The molecule has 164 valence electrons. The highest BCUT2D eigenvalue weighted by Gasteiger charge is 2.22. The lowest BCUT2D eigenvalue weighted by Gasteiger charge is -2.13. The van der Waals surface area contributed by atoms with Gasteiger partial charge in [0.15, 0.2) is 11.0 Å². The Kier molecular flexibility index (Phi) is 4.19. The van der Waals surface area contributed by atoms with Crippen molar-refractivity contribution < 1.29 is 0 Å². The third-order valence-corrected chi connectivity index (χ3v) is 6.79. The maximum atomic E-state index is 10.1. The van der Waals surface area contributed by atoms with Crippen molar-refractivity contribution in [3.8, 4) is 17.8 Å². The van der Waals surface area contributed by atoms with Gasteiger partial charge in [-0.25, -0.2) is 0 Å². The number of para-hydroxylation sites is 4. The summed E-state index contributed by atoms with van der Waals surface area (Å²) < 4.78 is 4.02. The maximum Gasteiger partial charge on any atom is 0.238 e. The Morgan fingerprint density at radius 2 is 0.971 bits per heavy atom. The van der Waals surface area contributed by atoms with E-state index in [0.717, 1.165) is 43.6 Å². The lowest BCUT2D eigenvalue weighted by Crippen LogP contribution is -2.09. The second kappa shape index (κ2) is 7.42. The van der Waals surface area contributed by atoms with Crippen molar-refractivity contribution in [3.63, 3.8) is 0 Å². The molecule has 0 saturated carbocycles. The van der Waals surface area contributed by atoms with Gasteiger partial charge in [0.1, 0.15) is 11.6 Å². The van der Waals surface area contributed by atoms with Gasteiger partial charge in [-0.3, -0.25) is 9.13 Å². The van der Waals surface area contributed by atoms with Crippen LogP contribution in [0.3, 0.4) is 0 Å². The van der Waals surface area contributed by atoms with Gasteiger partial charge in [-0.2, -0.15) is 15.2 Å². The molecule has 0 fully saturated rings. The number of nitriles is 1. The van der Waals surface area contributed by atoms with E-state index in [0.29, 0.717) is 11.8 Å². The number of nitrogens with zero attached hydrogens (tertiary/aromatic N) is 5. The topological polar surface area (TPSA) is 59.4 Å². The Bertz CT molecular complexity index is 1880. The Balaban J connectivity index is 1.63. The lowest BCUT2D eigenvalue weighted by atomic mass is 10.2. The van der Waals surface area contributed by atoms with Crippen LogP contribution in [-0.4, -0.2) is 19.1 Å². The van der Waals surface area contributed by atoms with Crippen LogP contribution in [0.15, 0.2) is 97.1 Å². The largest absolute Gasteiger partial charge is 0.292 e. The zero-order valence-corrected chi connectivity index (χ0v) is 19.1. The number of halogens is 1. The summed E-state index contributed by atoms with van der Waals surface area (Å²) >= 11 is 6.67. The number of hydrogen-bond acceptors (Lipinski definition) is 3. The van der Waals surface area contributed by atoms with E-state index in [1.807, 2.05) is 81.9 Å². The van der Waals surface area contributed by atoms with E-state index in [2.05, 4.69) is 35.3 Å². The van der Waals surface area contributed by atoms with Crippen LogP contribution >= 0.6 is 11.6 Å². The normalized spacial score (nSPS) is 11.5. The Hall–Kier alpha value is -4.66. The van der Waals surface area contributed by atoms with Gasteiger partial charge < -0.3 is 0 Å². The molecule has 4 aromatic carbocycles. The Morgan fingerprint density at radius 1 is 0.571 bits per heavy atom. The monoisotopic (exact) mass is 469 g/mol. The lowest BCUT2D eigenvalue weighted by molar-refractivity contribution is 0.942. The Labute approximate surface area is 205 Å². The zero-order chi connectivity index (χ0) is 23.5. The van der Waals surface area contributed by atoms with Crippen molar-refractivity contribution >= 4 is 55.2 Å². The first-order valence-corrected chi connectivity index (χ1v) is 11.6. The van der Waals surface area contributed by atoms with Crippen LogP contribution < -0.4 is 0 Å². The van der Waals surface area contributed by atoms with Crippen LogP contribution in [0.2, 0.25) is 5.15 Å². The molecule has 0 radical (unpaired) electrons. The minimum atomic E-state index is 0.122. The summed E-state index contributed by atoms with van der Waals surface area (Å²) in [6.45, 7) is 0. The van der Waals surface area contributed by atoms with E-state index in [1.165, 1.54) is 0 Å². The van der Waals surface area contributed by atoms with Crippen molar-refractivity contribution in [1.82, 2.24) is 19.1 Å². The van der Waals surface area contributed by atoms with Crippen molar-refractivity contribution in [1.29, 1.82) is 5.26 Å². The molecule has 5 nitrogen and oxygen atoms in total. The van der Waals surface area contributed by atoms with Crippen molar-refractivity contribution in [2.75, 3.05) is 0 Å². The molecule has 7 aromatic rings. The second-order valence-electron chi connectivity index (χ2n) is 8.36. The minimum absolute atomic E-state index is 0.122. The average Bonchev–Trinajstić information content (AvgIpc) is 3.41. The van der Waals surface area contributed by atoms with Crippen molar-refractivity contribution in [3.05, 3.63) is 108 Å². The molecule has 0 aliphatic carbocycles. The summed E-state index contributed by atoms with van der Waals surface area (Å²) in [5.74, 6) is 0.880. The van der Waals surface area contributed by atoms with Gasteiger partial charge in [0.25, 0.3) is 0 Å². The number of fused-ring (bicyclic) bond motifs is 6. The number of benzene rings is 4. The fraction of sp³-hybridized carbons (Fsp3) is 0. The SMILES string of the molecule is N#Cc1c(Cl)nc(-n2c3ccccc3c3ccccc32)nc1-n1c2ccccc2c2ccccc21. The number of rotatable bonds is 2. The molecule has 7 rings (SSSR count). The molecular weight excluding hydrogens is 454 g/mol. The van der Waals surface area contributed by atoms with Crippen LogP contribution in [0.1, 0.15) is 5.56 Å². The second-order valence-corrected chi connectivity index (χ2v) is 8.72. The van der Waals surface area contributed by atoms with Crippen LogP contribution in [0.5, 0.6) is 0 Å². The van der Waals surface area contributed by atoms with Gasteiger partial charge in [-0.1, -0.05) is 84.4 Å². The van der Waals surface area contributed by atoms with Crippen LogP contribution in [0.4, 0.5) is 0 Å². The molecule has 0 aliphatic rings. The van der Waals surface area contributed by atoms with Crippen molar-refractivity contribution in [2.45, 2.75) is 0 Å². The van der Waals surface area contributed by atoms with Gasteiger partial charge in [0.2, 0.25) is 5.95 Å². The third-order valence-electron chi connectivity index (χ3n) is 6.52. The molecular formula is C29H16ClN5. The van der Waals surface area contributed by atoms with Gasteiger partial charge in [-0.05, 0) is 24.3 Å². The van der Waals surface area contributed by atoms with Crippen molar-refractivity contribution in [2.24, 2.45) is 0 Å². The molecule has 3 heterocycles. The molecule has 6 heteroatoms. The predicted molar refractivity (Wildman–Crippen MR) is 140 cm³/mol. The van der Waals surface area contributed by atoms with Gasteiger partial charge in [0, 0.05) is 21.5 Å². The molecule has 0 N–H and O–H groups in total. The van der Waals surface area contributed by atoms with Crippen LogP contribution in [-0.2, 0) is 0 Å². The smallest absolute Gasteiger partial charge is 0.238 e. The molecule has 0 spiro atoms. The first-order chi connectivity index (χ1) is 17.3. The van der Waals surface area contributed by atoms with E-state index in [1.54, 1.807) is 0 Å². The van der Waals surface area contributed by atoms with Gasteiger partial charge >= 0.3 is 0 Å². The number of hydrogen-bond donors (Lipinski definition) is 0. The minimum Gasteiger partial charge on any atom is -0.292 e. The van der Waals surface area contributed by atoms with E-state index in [9.17, 15) is 5.26 Å². The predicted octanol–water partition coefficient (Wildman–Crippen LogP) is 7.20. The maximum absolute atomic E-state index is 10.1. The number of aromatic nitrogens is 4. The van der Waals surface area contributed by atoms with E-state index in [-0.39, 0.29) is 10.7 Å². The summed E-state index contributed by atoms with van der Waals surface area (Å²) in [5.41, 5.74) is 4.09. The third kappa shape index (κ3) is 2.75. The molecule has 0 amide bonds. The van der Waals surface area contributed by atoms with E-state index >= 15 is 0 Å². The molecule has 0 bridgehead atoms. The summed E-state index contributed by atoms with van der Waals surface area (Å²) in [4.78, 5) is 9.60. The first kappa shape index (κ1) is 19.8. The fourth-order valence-electron chi connectivity index (χ4n) is 5.06. The van der Waals surface area contributed by atoms with E-state index in [4.69, 9.17) is 16.6 Å². The van der Waals surface area contributed by atoms with Crippen LogP contribution in [0, 0.1) is 11.3 Å². The van der Waals surface area contributed by atoms with Crippen LogP contribution in [0.25, 0.3) is 55.4 Å². The summed E-state index contributed by atoms with van der Waals surface area (Å²) in [6.07, 6.45) is 0. The molecule has 0 saturated heterocycles. The quantitative estimate of drug-likeness (QED) is 0.251. The van der Waals surface area contributed by atoms with Gasteiger partial charge in [0.05, 0.1) is 22.1 Å². The summed E-state index contributed by atoms with van der Waals surface area (Å²) in [5, 5.41) is 14.6. The highest BCUT2D eigenvalue weighted by Crippen LogP contribution is 2.35. The van der Waals surface area contributed by atoms with Gasteiger partial charge in [-0.15, -0.1) is 0 Å². The summed E-state index contributed by atoms with van der Waals surface area (Å²) in [6, 6.07) is 34.8. The molecule has 3 aromatic heterocycles. The molecule has 0 atom stereocenters. The summed E-state index contributed by atoms with van der Waals surface area (Å²) in [7, 11) is 0. The Morgan fingerprint density at radius 3 is 1.40 bits per heavy atom. The molecule has 35 heavy (non-hydrogen) atoms. The molecule has 0 aliphatic heterocycles. The highest BCUT2D eigenvalue weighted by molar-refractivity contribution is 6.31. The zero-order valence-electron chi connectivity index (χ0n) is 18.4. The highest BCUT2D eigenvalue weighted by atomic mass is 35.5. The standard InChI is InChI=1S/C29H16ClN5/c30-27-22(17-31)28(34-23-13-5-1-9-18(23)19-10-2-6-14-24(19)34)33-29(32-27)35-25-15-7-3-11-20(25)21-12-4-8-16-26(21)35/h1-16H. The average molecular weight is 470 g/mol. The van der Waals surface area contributed by atoms with E-state index < -0.39 is 0 Å². The fourth-order valence-corrected chi connectivity index (χ4v) is 5.26.